The van der Waals surface area contributed by atoms with Gasteiger partial charge in [0.15, 0.2) is 11.5 Å². The van der Waals surface area contributed by atoms with Crippen LogP contribution in [0.2, 0.25) is 0 Å². The van der Waals surface area contributed by atoms with Crippen LogP contribution >= 0.6 is 11.8 Å². The molecule has 0 spiro atoms. The van der Waals surface area contributed by atoms with E-state index < -0.39 is 0 Å². The van der Waals surface area contributed by atoms with E-state index in [-0.39, 0.29) is 11.3 Å². The average Bonchev–Trinajstić information content (AvgIpc) is 3.07. The quantitative estimate of drug-likeness (QED) is 0.723. The number of methoxy groups -OCH3 is 4. The highest BCUT2D eigenvalue weighted by molar-refractivity contribution is 8.00. The van der Waals surface area contributed by atoms with Crippen LogP contribution in [0.4, 0.5) is 0 Å². The minimum Gasteiger partial charge on any atom is -0.497 e. The molecule has 0 unspecified atom stereocenters. The van der Waals surface area contributed by atoms with Gasteiger partial charge in [-0.2, -0.15) is 0 Å². The van der Waals surface area contributed by atoms with Crippen molar-refractivity contribution in [3.8, 4) is 23.0 Å². The third kappa shape index (κ3) is 3.93. The molecule has 1 amide bonds. The van der Waals surface area contributed by atoms with E-state index in [0.717, 1.165) is 16.9 Å². The van der Waals surface area contributed by atoms with Gasteiger partial charge in [0.25, 0.3) is 0 Å². The predicted molar refractivity (Wildman–Crippen MR) is 105 cm³/mol. The highest BCUT2D eigenvalue weighted by Crippen LogP contribution is 2.46. The summed E-state index contributed by atoms with van der Waals surface area (Å²) in [6, 6.07) is 11.6. The van der Waals surface area contributed by atoms with E-state index in [1.54, 1.807) is 40.2 Å². The Hall–Kier alpha value is -2.54. The van der Waals surface area contributed by atoms with Crippen LogP contribution in [-0.2, 0) is 11.3 Å². The van der Waals surface area contributed by atoms with Crippen LogP contribution in [0.5, 0.6) is 23.0 Å². The number of hydrogen-bond acceptors (Lipinski definition) is 6. The van der Waals surface area contributed by atoms with Crippen LogP contribution in [0.25, 0.3) is 0 Å². The van der Waals surface area contributed by atoms with Crippen LogP contribution in [0, 0.1) is 0 Å². The largest absolute Gasteiger partial charge is 0.497 e. The number of hydrogen-bond donors (Lipinski definition) is 0. The van der Waals surface area contributed by atoms with Crippen molar-refractivity contribution in [2.24, 2.45) is 0 Å². The molecule has 0 N–H and O–H groups in total. The maximum atomic E-state index is 12.5. The molecular weight excluding hydrogens is 366 g/mol. The van der Waals surface area contributed by atoms with Crippen molar-refractivity contribution in [1.82, 2.24) is 4.90 Å². The molecule has 1 fully saturated rings. The molecule has 0 radical (unpaired) electrons. The van der Waals surface area contributed by atoms with Crippen LogP contribution in [0.15, 0.2) is 36.4 Å². The summed E-state index contributed by atoms with van der Waals surface area (Å²) in [7, 11) is 6.38. The summed E-state index contributed by atoms with van der Waals surface area (Å²) in [4.78, 5) is 14.4. The molecule has 1 aliphatic rings. The number of benzene rings is 2. The van der Waals surface area contributed by atoms with Crippen molar-refractivity contribution in [3.63, 3.8) is 0 Å². The Morgan fingerprint density at radius 3 is 2.11 bits per heavy atom. The van der Waals surface area contributed by atoms with E-state index in [0.29, 0.717) is 29.5 Å². The van der Waals surface area contributed by atoms with Crippen molar-refractivity contribution in [2.45, 2.75) is 11.9 Å². The van der Waals surface area contributed by atoms with Crippen molar-refractivity contribution in [3.05, 3.63) is 47.5 Å². The second-order valence-electron chi connectivity index (χ2n) is 5.99. The van der Waals surface area contributed by atoms with E-state index in [1.165, 1.54) is 0 Å². The molecule has 3 rings (SSSR count). The molecule has 1 aliphatic heterocycles. The molecule has 2 aromatic carbocycles. The first-order valence-electron chi connectivity index (χ1n) is 8.45. The van der Waals surface area contributed by atoms with Crippen LogP contribution in [0.1, 0.15) is 16.5 Å². The summed E-state index contributed by atoms with van der Waals surface area (Å²) in [5, 5.41) is -0.117. The molecule has 6 nitrogen and oxygen atoms in total. The normalized spacial score (nSPS) is 16.4. The van der Waals surface area contributed by atoms with Crippen molar-refractivity contribution >= 4 is 17.7 Å². The molecule has 0 saturated carbocycles. The molecule has 2 aromatic rings. The molecule has 0 aliphatic carbocycles. The average molecular weight is 389 g/mol. The Kier molecular flexibility index (Phi) is 6.01. The SMILES string of the molecule is COc1ccc(CN2C(=O)CS[C@@H]2c2cc(OC)c(OC)c(OC)c2)cc1. The number of carbonyl (C=O) groups is 1. The van der Waals surface area contributed by atoms with E-state index in [9.17, 15) is 4.79 Å². The zero-order valence-corrected chi connectivity index (χ0v) is 16.7. The van der Waals surface area contributed by atoms with Gasteiger partial charge in [-0.05, 0) is 35.4 Å². The van der Waals surface area contributed by atoms with Gasteiger partial charge in [-0.1, -0.05) is 12.1 Å². The summed E-state index contributed by atoms with van der Waals surface area (Å²) in [5.74, 6) is 3.04. The minimum absolute atomic E-state index is 0.106. The first-order valence-corrected chi connectivity index (χ1v) is 9.50. The molecule has 1 atom stereocenters. The summed E-state index contributed by atoms with van der Waals surface area (Å²) >= 11 is 1.59. The van der Waals surface area contributed by atoms with E-state index in [1.807, 2.05) is 41.3 Å². The zero-order chi connectivity index (χ0) is 19.4. The Morgan fingerprint density at radius 2 is 1.59 bits per heavy atom. The molecule has 0 aromatic heterocycles. The van der Waals surface area contributed by atoms with Crippen LogP contribution < -0.4 is 18.9 Å². The summed E-state index contributed by atoms with van der Waals surface area (Å²) in [6.45, 7) is 0.525. The lowest BCUT2D eigenvalue weighted by Crippen LogP contribution is -2.27. The highest BCUT2D eigenvalue weighted by atomic mass is 32.2. The van der Waals surface area contributed by atoms with Gasteiger partial charge < -0.3 is 23.8 Å². The van der Waals surface area contributed by atoms with Crippen molar-refractivity contribution in [2.75, 3.05) is 34.2 Å². The lowest BCUT2D eigenvalue weighted by molar-refractivity contribution is -0.128. The van der Waals surface area contributed by atoms with Crippen molar-refractivity contribution in [1.29, 1.82) is 0 Å². The Balaban J connectivity index is 1.91. The monoisotopic (exact) mass is 389 g/mol. The zero-order valence-electron chi connectivity index (χ0n) is 15.9. The van der Waals surface area contributed by atoms with Crippen LogP contribution in [-0.4, -0.2) is 45.0 Å². The topological polar surface area (TPSA) is 57.2 Å². The molecule has 1 heterocycles. The Labute approximate surface area is 163 Å². The molecule has 144 valence electrons. The highest BCUT2D eigenvalue weighted by Gasteiger charge is 2.34. The number of rotatable bonds is 7. The molecule has 1 saturated heterocycles. The van der Waals surface area contributed by atoms with Gasteiger partial charge in [-0.15, -0.1) is 11.8 Å². The second kappa shape index (κ2) is 8.43. The first-order chi connectivity index (χ1) is 13.1. The summed E-state index contributed by atoms with van der Waals surface area (Å²) < 4.78 is 21.5. The van der Waals surface area contributed by atoms with Gasteiger partial charge in [0.2, 0.25) is 11.7 Å². The van der Waals surface area contributed by atoms with Gasteiger partial charge >= 0.3 is 0 Å². The standard InChI is InChI=1S/C20H23NO5S/c1-23-15-7-5-13(6-8-15)11-21-18(22)12-27-20(21)14-9-16(24-2)19(26-4)17(10-14)25-3/h5-10,20H,11-12H2,1-4H3/t20-/m1/s1. The number of amides is 1. The number of nitrogens with zero attached hydrogens (tertiary/aromatic N) is 1. The number of thioether (sulfide) groups is 1. The van der Waals surface area contributed by atoms with E-state index >= 15 is 0 Å². The summed E-state index contributed by atoms with van der Waals surface area (Å²) in [5.41, 5.74) is 1.98. The lowest BCUT2D eigenvalue weighted by Gasteiger charge is -2.25. The lowest BCUT2D eigenvalue weighted by atomic mass is 10.1. The van der Waals surface area contributed by atoms with Crippen molar-refractivity contribution < 1.29 is 23.7 Å². The molecule has 27 heavy (non-hydrogen) atoms. The van der Waals surface area contributed by atoms with Crippen LogP contribution in [0.3, 0.4) is 0 Å². The number of carbonyl (C=O) groups excluding carboxylic acids is 1. The Morgan fingerprint density at radius 1 is 0.963 bits per heavy atom. The fourth-order valence-corrected chi connectivity index (χ4v) is 4.24. The van der Waals surface area contributed by atoms with Gasteiger partial charge in [0, 0.05) is 6.54 Å². The fourth-order valence-electron chi connectivity index (χ4n) is 3.07. The van der Waals surface area contributed by atoms with E-state index in [2.05, 4.69) is 0 Å². The maximum absolute atomic E-state index is 12.5. The fraction of sp³-hybridized carbons (Fsp3) is 0.350. The van der Waals surface area contributed by atoms with E-state index in [4.69, 9.17) is 18.9 Å². The number of ether oxygens (including phenoxy) is 4. The minimum atomic E-state index is -0.117. The van der Waals surface area contributed by atoms with Gasteiger partial charge in [0.05, 0.1) is 34.2 Å². The third-order valence-corrected chi connectivity index (χ3v) is 5.71. The molecule has 7 heteroatoms. The molecular formula is C20H23NO5S. The Bertz CT molecular complexity index is 784. The predicted octanol–water partition coefficient (Wildman–Crippen LogP) is 3.50. The smallest absolute Gasteiger partial charge is 0.234 e. The van der Waals surface area contributed by atoms with Gasteiger partial charge in [-0.3, -0.25) is 4.79 Å². The first kappa shape index (κ1) is 19.2. The van der Waals surface area contributed by atoms with Gasteiger partial charge in [0.1, 0.15) is 11.1 Å². The van der Waals surface area contributed by atoms with Gasteiger partial charge in [-0.25, -0.2) is 0 Å². The molecule has 0 bridgehead atoms. The summed E-state index contributed by atoms with van der Waals surface area (Å²) in [6.07, 6.45) is 0. The third-order valence-electron chi connectivity index (χ3n) is 4.45. The maximum Gasteiger partial charge on any atom is 0.234 e. The second-order valence-corrected chi connectivity index (χ2v) is 7.06.